The molecule has 3 rings (SSSR count). The molecule has 1 aliphatic carbocycles. The van der Waals surface area contributed by atoms with Crippen molar-refractivity contribution in [3.8, 4) is 0 Å². The number of hydrogen-bond donors (Lipinski definition) is 2. The highest BCUT2D eigenvalue weighted by molar-refractivity contribution is 5.79. The maximum atomic E-state index is 4.39. The number of guanidine groups is 1. The number of aryl methyl sites for hydroxylation is 1. The number of rotatable bonds is 6. The molecule has 26 heavy (non-hydrogen) atoms. The van der Waals surface area contributed by atoms with Gasteiger partial charge in [0, 0.05) is 26.1 Å². The first kappa shape index (κ1) is 19.2. The van der Waals surface area contributed by atoms with Crippen LogP contribution >= 0.6 is 0 Å². The molecule has 146 valence electrons. The summed E-state index contributed by atoms with van der Waals surface area (Å²) in [6.45, 7) is 3.99. The summed E-state index contributed by atoms with van der Waals surface area (Å²) in [5.41, 5.74) is 0. The normalized spacial score (nSPS) is 20.3. The Kier molecular flexibility index (Phi) is 7.32. The minimum atomic E-state index is 0.443. The summed E-state index contributed by atoms with van der Waals surface area (Å²) in [5.74, 6) is 3.98. The van der Waals surface area contributed by atoms with Crippen molar-refractivity contribution in [2.24, 2.45) is 10.9 Å². The Labute approximate surface area is 158 Å². The van der Waals surface area contributed by atoms with E-state index in [0.29, 0.717) is 12.6 Å². The first-order valence-electron chi connectivity index (χ1n) is 10.6. The maximum Gasteiger partial charge on any atom is 0.191 e. The van der Waals surface area contributed by atoms with Crippen molar-refractivity contribution in [1.29, 1.82) is 0 Å². The van der Waals surface area contributed by atoms with E-state index in [0.717, 1.165) is 36.5 Å². The summed E-state index contributed by atoms with van der Waals surface area (Å²) >= 11 is 0. The SMILES string of the molecule is CN=C(NCc1nnc2n1CCCCC2)NC(C)CCC1CCCCC1. The van der Waals surface area contributed by atoms with Crippen molar-refractivity contribution in [1.82, 2.24) is 25.4 Å². The minimum absolute atomic E-state index is 0.443. The van der Waals surface area contributed by atoms with E-state index in [2.05, 4.69) is 37.3 Å². The Balaban J connectivity index is 1.43. The minimum Gasteiger partial charge on any atom is -0.354 e. The Bertz CT molecular complexity index is 573. The summed E-state index contributed by atoms with van der Waals surface area (Å²) < 4.78 is 2.29. The fraction of sp³-hybridized carbons (Fsp3) is 0.850. The van der Waals surface area contributed by atoms with Gasteiger partial charge in [-0.1, -0.05) is 38.5 Å². The van der Waals surface area contributed by atoms with Crippen LogP contribution in [0.25, 0.3) is 0 Å². The number of aliphatic imine (C=N–C) groups is 1. The molecule has 6 heteroatoms. The molecule has 1 aromatic heterocycles. The van der Waals surface area contributed by atoms with Crippen LogP contribution in [0.15, 0.2) is 4.99 Å². The highest BCUT2D eigenvalue weighted by Crippen LogP contribution is 2.27. The average Bonchev–Trinajstić information content (AvgIpc) is 2.90. The third-order valence-corrected chi connectivity index (χ3v) is 5.94. The molecule has 1 aromatic rings. The van der Waals surface area contributed by atoms with E-state index < -0.39 is 0 Å². The van der Waals surface area contributed by atoms with Crippen molar-refractivity contribution >= 4 is 5.96 Å². The predicted molar refractivity (Wildman–Crippen MR) is 106 cm³/mol. The van der Waals surface area contributed by atoms with E-state index in [1.165, 1.54) is 64.2 Å². The Morgan fingerprint density at radius 2 is 1.96 bits per heavy atom. The van der Waals surface area contributed by atoms with Gasteiger partial charge in [0.15, 0.2) is 11.8 Å². The van der Waals surface area contributed by atoms with Gasteiger partial charge in [-0.05, 0) is 38.5 Å². The van der Waals surface area contributed by atoms with Crippen molar-refractivity contribution in [3.05, 3.63) is 11.6 Å². The van der Waals surface area contributed by atoms with Crippen LogP contribution in [-0.4, -0.2) is 33.8 Å². The van der Waals surface area contributed by atoms with Crippen LogP contribution < -0.4 is 10.6 Å². The third kappa shape index (κ3) is 5.45. The number of fused-ring (bicyclic) bond motifs is 1. The largest absolute Gasteiger partial charge is 0.354 e. The van der Waals surface area contributed by atoms with E-state index in [1.807, 2.05) is 7.05 Å². The summed E-state index contributed by atoms with van der Waals surface area (Å²) in [4.78, 5) is 4.39. The third-order valence-electron chi connectivity index (χ3n) is 5.94. The van der Waals surface area contributed by atoms with E-state index in [4.69, 9.17) is 0 Å². The first-order chi connectivity index (χ1) is 12.8. The molecule has 2 heterocycles. The van der Waals surface area contributed by atoms with Gasteiger partial charge in [-0.15, -0.1) is 10.2 Å². The molecule has 1 atom stereocenters. The van der Waals surface area contributed by atoms with Gasteiger partial charge in [-0.3, -0.25) is 4.99 Å². The van der Waals surface area contributed by atoms with Crippen LogP contribution in [-0.2, 0) is 19.5 Å². The van der Waals surface area contributed by atoms with E-state index in [-0.39, 0.29) is 0 Å². The number of hydrogen-bond acceptors (Lipinski definition) is 3. The van der Waals surface area contributed by atoms with Gasteiger partial charge in [0.25, 0.3) is 0 Å². The van der Waals surface area contributed by atoms with Gasteiger partial charge in [0.2, 0.25) is 0 Å². The molecule has 2 N–H and O–H groups in total. The molecule has 0 amide bonds. The molecule has 1 fully saturated rings. The highest BCUT2D eigenvalue weighted by Gasteiger charge is 2.16. The molecule has 6 nitrogen and oxygen atoms in total. The summed E-state index contributed by atoms with van der Waals surface area (Å²) in [7, 11) is 1.84. The van der Waals surface area contributed by atoms with Gasteiger partial charge < -0.3 is 15.2 Å². The van der Waals surface area contributed by atoms with Gasteiger partial charge in [0.1, 0.15) is 5.82 Å². The number of nitrogens with one attached hydrogen (secondary N) is 2. The standard InChI is InChI=1S/C20H36N6/c1-16(12-13-17-9-5-3-6-10-17)23-20(21-2)22-15-19-25-24-18-11-7-4-8-14-26(18)19/h16-17H,3-15H2,1-2H3,(H2,21,22,23). The average molecular weight is 361 g/mol. The maximum absolute atomic E-state index is 4.39. The van der Waals surface area contributed by atoms with Crippen LogP contribution in [0.3, 0.4) is 0 Å². The van der Waals surface area contributed by atoms with E-state index >= 15 is 0 Å². The van der Waals surface area contributed by atoms with Crippen LogP contribution in [0.2, 0.25) is 0 Å². The Hall–Kier alpha value is -1.59. The smallest absolute Gasteiger partial charge is 0.191 e. The topological polar surface area (TPSA) is 67.1 Å². The second-order valence-electron chi connectivity index (χ2n) is 8.05. The van der Waals surface area contributed by atoms with E-state index in [1.54, 1.807) is 0 Å². The lowest BCUT2D eigenvalue weighted by atomic mass is 9.85. The molecule has 2 aliphatic rings. The molecular formula is C20H36N6. The van der Waals surface area contributed by atoms with Crippen molar-refractivity contribution in [2.45, 2.75) is 96.7 Å². The molecule has 1 unspecified atom stereocenters. The summed E-state index contributed by atoms with van der Waals surface area (Å²) in [6.07, 6.45) is 14.5. The van der Waals surface area contributed by atoms with Crippen LogP contribution in [0.4, 0.5) is 0 Å². The molecular weight excluding hydrogens is 324 g/mol. The van der Waals surface area contributed by atoms with Gasteiger partial charge in [-0.25, -0.2) is 0 Å². The molecule has 0 spiro atoms. The second-order valence-corrected chi connectivity index (χ2v) is 8.05. The van der Waals surface area contributed by atoms with Gasteiger partial charge in [-0.2, -0.15) is 0 Å². The van der Waals surface area contributed by atoms with Crippen LogP contribution in [0, 0.1) is 5.92 Å². The highest BCUT2D eigenvalue weighted by atomic mass is 15.3. The quantitative estimate of drug-likeness (QED) is 0.602. The molecule has 0 bridgehead atoms. The molecule has 0 radical (unpaired) electrons. The lowest BCUT2D eigenvalue weighted by Gasteiger charge is -2.24. The Morgan fingerprint density at radius 1 is 1.15 bits per heavy atom. The van der Waals surface area contributed by atoms with Crippen LogP contribution in [0.1, 0.15) is 82.8 Å². The summed E-state index contributed by atoms with van der Waals surface area (Å²) in [5, 5.41) is 15.7. The molecule has 0 aromatic carbocycles. The van der Waals surface area contributed by atoms with Crippen molar-refractivity contribution < 1.29 is 0 Å². The number of aromatic nitrogens is 3. The molecule has 0 saturated heterocycles. The number of nitrogens with zero attached hydrogens (tertiary/aromatic N) is 4. The van der Waals surface area contributed by atoms with Gasteiger partial charge >= 0.3 is 0 Å². The fourth-order valence-electron chi connectivity index (χ4n) is 4.30. The zero-order chi connectivity index (χ0) is 18.2. The lowest BCUT2D eigenvalue weighted by Crippen LogP contribution is -2.42. The second kappa shape index (κ2) is 9.93. The monoisotopic (exact) mass is 360 g/mol. The zero-order valence-electron chi connectivity index (χ0n) is 16.6. The first-order valence-corrected chi connectivity index (χ1v) is 10.6. The predicted octanol–water partition coefficient (Wildman–Crippen LogP) is 3.42. The fourth-order valence-corrected chi connectivity index (χ4v) is 4.30. The van der Waals surface area contributed by atoms with E-state index in [9.17, 15) is 0 Å². The zero-order valence-corrected chi connectivity index (χ0v) is 16.6. The molecule has 1 aliphatic heterocycles. The molecule has 1 saturated carbocycles. The Morgan fingerprint density at radius 3 is 2.77 bits per heavy atom. The van der Waals surface area contributed by atoms with Gasteiger partial charge in [0.05, 0.1) is 6.54 Å². The van der Waals surface area contributed by atoms with Crippen molar-refractivity contribution in [3.63, 3.8) is 0 Å². The summed E-state index contributed by atoms with van der Waals surface area (Å²) in [6, 6.07) is 0.443. The van der Waals surface area contributed by atoms with Crippen LogP contribution in [0.5, 0.6) is 0 Å². The van der Waals surface area contributed by atoms with Crippen molar-refractivity contribution in [2.75, 3.05) is 7.05 Å². The lowest BCUT2D eigenvalue weighted by molar-refractivity contribution is 0.322.